The molecule has 33 heavy (non-hydrogen) atoms. The predicted octanol–water partition coefficient (Wildman–Crippen LogP) is 3.78. The lowest BCUT2D eigenvalue weighted by molar-refractivity contribution is -0.120. The van der Waals surface area contributed by atoms with Crippen LogP contribution < -0.4 is 10.6 Å². The molecule has 4 rings (SSSR count). The van der Waals surface area contributed by atoms with E-state index >= 15 is 0 Å². The quantitative estimate of drug-likeness (QED) is 0.667. The lowest BCUT2D eigenvalue weighted by atomic mass is 9.97. The van der Waals surface area contributed by atoms with Gasteiger partial charge in [0, 0.05) is 30.4 Å². The van der Waals surface area contributed by atoms with E-state index in [2.05, 4.69) is 10.6 Å². The number of nitrogens with one attached hydrogen (secondary N) is 2. The largest absolute Gasteiger partial charge is 0.450 e. The van der Waals surface area contributed by atoms with E-state index in [1.807, 2.05) is 12.1 Å². The fourth-order valence-corrected chi connectivity index (χ4v) is 5.90. The van der Waals surface area contributed by atoms with E-state index < -0.39 is 16.1 Å². The molecule has 0 unspecified atom stereocenters. The van der Waals surface area contributed by atoms with Crippen LogP contribution in [-0.4, -0.2) is 44.4 Å². The molecule has 0 spiro atoms. The highest BCUT2D eigenvalue weighted by Crippen LogP contribution is 2.29. The number of rotatable bonds is 6. The van der Waals surface area contributed by atoms with E-state index in [-0.39, 0.29) is 18.4 Å². The maximum absolute atomic E-state index is 13.1. The Bertz CT molecular complexity index is 1120. The molecule has 0 saturated carbocycles. The Morgan fingerprint density at radius 3 is 2.27 bits per heavy atom. The number of fused-ring (bicyclic) bond motifs is 1. The van der Waals surface area contributed by atoms with Crippen LogP contribution in [0.25, 0.3) is 0 Å². The third-order valence-corrected chi connectivity index (χ3v) is 8.10. The smallest absolute Gasteiger partial charge is 0.411 e. The molecule has 2 aromatic carbocycles. The molecule has 2 amide bonds. The van der Waals surface area contributed by atoms with Gasteiger partial charge in [0.15, 0.2) is 0 Å². The number of hydrogen-bond acceptors (Lipinski definition) is 5. The summed E-state index contributed by atoms with van der Waals surface area (Å²) in [7, 11) is -3.55. The van der Waals surface area contributed by atoms with Crippen LogP contribution >= 0.6 is 0 Å². The first kappa shape index (κ1) is 23.3. The number of ether oxygens (including phenoxy) is 1. The number of benzene rings is 2. The molecule has 1 aliphatic carbocycles. The number of nitrogens with zero attached hydrogens (tertiary/aromatic N) is 1. The topological polar surface area (TPSA) is 105 Å². The molecule has 2 aliphatic rings. The Kier molecular flexibility index (Phi) is 6.99. The lowest BCUT2D eigenvalue weighted by Gasteiger charge is -2.30. The molecular weight excluding hydrogens is 442 g/mol. The normalized spacial score (nSPS) is 16.8. The van der Waals surface area contributed by atoms with Gasteiger partial charge in [-0.2, -0.15) is 4.31 Å². The van der Waals surface area contributed by atoms with Crippen LogP contribution in [0.5, 0.6) is 0 Å². The molecule has 0 atom stereocenters. The molecule has 0 bridgehead atoms. The molecule has 0 radical (unpaired) electrons. The molecule has 176 valence electrons. The molecule has 1 saturated heterocycles. The van der Waals surface area contributed by atoms with Gasteiger partial charge in [-0.1, -0.05) is 6.07 Å². The fourth-order valence-electron chi connectivity index (χ4n) is 4.38. The Morgan fingerprint density at radius 2 is 1.61 bits per heavy atom. The molecule has 8 nitrogen and oxygen atoms in total. The number of hydrogen-bond donors (Lipinski definition) is 2. The Hall–Kier alpha value is -2.91. The minimum atomic E-state index is -3.55. The van der Waals surface area contributed by atoms with Crippen LogP contribution in [0.2, 0.25) is 0 Å². The Balaban J connectivity index is 1.31. The van der Waals surface area contributed by atoms with Crippen LogP contribution in [0.3, 0.4) is 0 Å². The summed E-state index contributed by atoms with van der Waals surface area (Å²) >= 11 is 0. The van der Waals surface area contributed by atoms with Gasteiger partial charge in [-0.25, -0.2) is 13.2 Å². The summed E-state index contributed by atoms with van der Waals surface area (Å²) in [4.78, 5) is 24.5. The first-order chi connectivity index (χ1) is 15.9. The van der Waals surface area contributed by atoms with Gasteiger partial charge in [-0.3, -0.25) is 10.1 Å². The number of piperidine rings is 1. The van der Waals surface area contributed by atoms with E-state index in [0.29, 0.717) is 42.2 Å². The molecular formula is C24H29N3O5S. The number of sulfonamides is 1. The fraction of sp³-hybridized carbons (Fsp3) is 0.417. The van der Waals surface area contributed by atoms with Crippen molar-refractivity contribution in [3.63, 3.8) is 0 Å². The maximum atomic E-state index is 13.1. The minimum absolute atomic E-state index is 0.129. The molecule has 1 aliphatic heterocycles. The second kappa shape index (κ2) is 9.93. The maximum Gasteiger partial charge on any atom is 0.411 e. The molecule has 2 N–H and O–H groups in total. The summed E-state index contributed by atoms with van der Waals surface area (Å²) in [6.07, 6.45) is 3.43. The van der Waals surface area contributed by atoms with Crippen molar-refractivity contribution in [2.24, 2.45) is 5.92 Å². The number of anilines is 2. The van der Waals surface area contributed by atoms with Crippen LogP contribution in [0.4, 0.5) is 16.2 Å². The number of aryl methyl sites for hydroxylation is 2. The average molecular weight is 472 g/mol. The monoisotopic (exact) mass is 471 g/mol. The van der Waals surface area contributed by atoms with Crippen molar-refractivity contribution in [2.75, 3.05) is 30.3 Å². The van der Waals surface area contributed by atoms with Gasteiger partial charge in [0.05, 0.1) is 11.5 Å². The van der Waals surface area contributed by atoms with Gasteiger partial charge in [0.2, 0.25) is 15.9 Å². The predicted molar refractivity (Wildman–Crippen MR) is 126 cm³/mol. The molecule has 2 aromatic rings. The van der Waals surface area contributed by atoms with E-state index in [0.717, 1.165) is 24.8 Å². The summed E-state index contributed by atoms with van der Waals surface area (Å²) in [6.45, 7) is 2.65. The molecule has 0 aromatic heterocycles. The van der Waals surface area contributed by atoms with E-state index in [9.17, 15) is 18.0 Å². The van der Waals surface area contributed by atoms with Gasteiger partial charge in [-0.05, 0) is 86.6 Å². The van der Waals surface area contributed by atoms with E-state index in [1.54, 1.807) is 37.3 Å². The average Bonchev–Trinajstić information content (AvgIpc) is 3.28. The van der Waals surface area contributed by atoms with Crippen LogP contribution in [0.15, 0.2) is 47.4 Å². The van der Waals surface area contributed by atoms with Gasteiger partial charge >= 0.3 is 6.09 Å². The third kappa shape index (κ3) is 5.36. The van der Waals surface area contributed by atoms with Crippen molar-refractivity contribution in [2.45, 2.75) is 43.9 Å². The highest BCUT2D eigenvalue weighted by molar-refractivity contribution is 7.89. The van der Waals surface area contributed by atoms with Crippen LogP contribution in [-0.2, 0) is 32.4 Å². The van der Waals surface area contributed by atoms with E-state index in [1.165, 1.54) is 9.87 Å². The van der Waals surface area contributed by atoms with Crippen molar-refractivity contribution < 1.29 is 22.7 Å². The zero-order valence-corrected chi connectivity index (χ0v) is 19.5. The van der Waals surface area contributed by atoms with Crippen molar-refractivity contribution >= 4 is 33.4 Å². The summed E-state index contributed by atoms with van der Waals surface area (Å²) in [5.41, 5.74) is 3.56. The molecule has 9 heteroatoms. The Morgan fingerprint density at radius 1 is 0.970 bits per heavy atom. The van der Waals surface area contributed by atoms with Crippen molar-refractivity contribution in [1.29, 1.82) is 0 Å². The highest BCUT2D eigenvalue weighted by Gasteiger charge is 2.32. The standard InChI is InChI=1S/C24H29N3O5S/c1-2-32-24(29)26-21-9-7-20(8-10-21)25-23(28)18-12-14-27(15-13-18)33(30,31)22-11-6-17-4-3-5-19(17)16-22/h6-11,16,18H,2-5,12-15H2,1H3,(H,25,28)(H,26,29). The zero-order valence-electron chi connectivity index (χ0n) is 18.7. The van der Waals surface area contributed by atoms with Gasteiger partial charge in [-0.15, -0.1) is 0 Å². The lowest BCUT2D eigenvalue weighted by Crippen LogP contribution is -2.41. The second-order valence-electron chi connectivity index (χ2n) is 8.37. The highest BCUT2D eigenvalue weighted by atomic mass is 32.2. The summed E-state index contributed by atoms with van der Waals surface area (Å²) < 4.78 is 32.5. The molecule has 1 fully saturated rings. The number of carbonyl (C=O) groups is 2. The third-order valence-electron chi connectivity index (χ3n) is 6.21. The van der Waals surface area contributed by atoms with Crippen molar-refractivity contribution in [3.8, 4) is 0 Å². The SMILES string of the molecule is CCOC(=O)Nc1ccc(NC(=O)C2CCN(S(=O)(=O)c3ccc4c(c3)CCC4)CC2)cc1. The minimum Gasteiger partial charge on any atom is -0.450 e. The van der Waals surface area contributed by atoms with Gasteiger partial charge in [0.1, 0.15) is 0 Å². The van der Waals surface area contributed by atoms with Gasteiger partial charge < -0.3 is 10.1 Å². The van der Waals surface area contributed by atoms with Crippen LogP contribution in [0.1, 0.15) is 37.3 Å². The summed E-state index contributed by atoms with van der Waals surface area (Å²) in [6, 6.07) is 12.2. The summed E-state index contributed by atoms with van der Waals surface area (Å²) in [5.74, 6) is -0.385. The van der Waals surface area contributed by atoms with Crippen molar-refractivity contribution in [1.82, 2.24) is 4.31 Å². The summed E-state index contributed by atoms with van der Waals surface area (Å²) in [5, 5.41) is 5.48. The Labute approximate surface area is 194 Å². The first-order valence-electron chi connectivity index (χ1n) is 11.3. The number of amides is 2. The second-order valence-corrected chi connectivity index (χ2v) is 10.3. The number of carbonyl (C=O) groups excluding carboxylic acids is 2. The van der Waals surface area contributed by atoms with Crippen LogP contribution in [0, 0.1) is 5.92 Å². The van der Waals surface area contributed by atoms with E-state index in [4.69, 9.17) is 4.74 Å². The van der Waals surface area contributed by atoms with Crippen molar-refractivity contribution in [3.05, 3.63) is 53.6 Å². The zero-order chi connectivity index (χ0) is 23.4. The van der Waals surface area contributed by atoms with Gasteiger partial charge in [0.25, 0.3) is 0 Å². The first-order valence-corrected chi connectivity index (χ1v) is 12.8. The molecule has 1 heterocycles.